The van der Waals surface area contributed by atoms with E-state index in [4.69, 9.17) is 9.47 Å². The maximum Gasteiger partial charge on any atom is 0.265 e. The molecule has 0 unspecified atom stereocenters. The Morgan fingerprint density at radius 2 is 1.63 bits per heavy atom. The lowest BCUT2D eigenvalue weighted by Crippen LogP contribution is -2.16. The fourth-order valence-electron chi connectivity index (χ4n) is 3.55. The second-order valence-corrected chi connectivity index (χ2v) is 9.28. The molecule has 0 radical (unpaired) electrons. The van der Waals surface area contributed by atoms with Crippen LogP contribution in [0.15, 0.2) is 71.6 Å². The third-order valence-corrected chi connectivity index (χ3v) is 6.60. The van der Waals surface area contributed by atoms with Crippen molar-refractivity contribution in [3.05, 3.63) is 83.8 Å². The van der Waals surface area contributed by atoms with Crippen molar-refractivity contribution >= 4 is 38.2 Å². The molecule has 35 heavy (non-hydrogen) atoms. The van der Waals surface area contributed by atoms with Crippen LogP contribution in [0.1, 0.15) is 16.1 Å². The van der Waals surface area contributed by atoms with Crippen molar-refractivity contribution in [3.63, 3.8) is 0 Å². The number of hydrogen-bond donors (Lipinski definition) is 2. The van der Waals surface area contributed by atoms with Crippen molar-refractivity contribution in [2.24, 2.45) is 0 Å². The molecule has 2 N–H and O–H groups in total. The molecular formula is C25H22FN3O5S. The lowest BCUT2D eigenvalue weighted by Gasteiger charge is -2.14. The highest BCUT2D eigenvalue weighted by molar-refractivity contribution is 7.92. The second kappa shape index (κ2) is 9.59. The average Bonchev–Trinajstić information content (AvgIpc) is 2.83. The van der Waals surface area contributed by atoms with Crippen LogP contribution in [-0.2, 0) is 10.0 Å². The molecule has 0 aliphatic rings. The van der Waals surface area contributed by atoms with Gasteiger partial charge in [-0.05, 0) is 67.6 Å². The molecule has 3 aromatic carbocycles. The first-order valence-corrected chi connectivity index (χ1v) is 11.9. The number of rotatable bonds is 7. The number of benzene rings is 3. The zero-order valence-electron chi connectivity index (χ0n) is 19.1. The van der Waals surface area contributed by atoms with E-state index < -0.39 is 21.7 Å². The monoisotopic (exact) mass is 495 g/mol. The molecule has 1 heterocycles. The summed E-state index contributed by atoms with van der Waals surface area (Å²) in [6.07, 6.45) is 0. The third kappa shape index (κ3) is 5.17. The van der Waals surface area contributed by atoms with E-state index in [1.54, 1.807) is 37.3 Å². The number of pyridine rings is 1. The molecule has 0 aliphatic carbocycles. The van der Waals surface area contributed by atoms with E-state index in [0.29, 0.717) is 28.0 Å². The summed E-state index contributed by atoms with van der Waals surface area (Å²) in [7, 11) is -1.20. The normalized spacial score (nSPS) is 11.2. The summed E-state index contributed by atoms with van der Waals surface area (Å²) in [4.78, 5) is 17.2. The number of aryl methyl sites for hydroxylation is 1. The van der Waals surface area contributed by atoms with Gasteiger partial charge in [-0.2, -0.15) is 0 Å². The number of aromatic nitrogens is 1. The molecule has 0 atom stereocenters. The van der Waals surface area contributed by atoms with Crippen LogP contribution in [0.5, 0.6) is 11.5 Å². The fourth-order valence-corrected chi connectivity index (χ4v) is 4.81. The SMILES string of the molecule is COc1ccc(NS(=O)(=O)c2cc(NC(=O)c3cc(C)nc4cc(F)ccc34)ccc2OC)cc1. The van der Waals surface area contributed by atoms with Gasteiger partial charge in [-0.3, -0.25) is 14.5 Å². The Morgan fingerprint density at radius 1 is 0.914 bits per heavy atom. The van der Waals surface area contributed by atoms with E-state index in [0.717, 1.165) is 0 Å². The van der Waals surface area contributed by atoms with Crippen LogP contribution < -0.4 is 19.5 Å². The number of carbonyl (C=O) groups is 1. The predicted molar refractivity (Wildman–Crippen MR) is 131 cm³/mol. The highest BCUT2D eigenvalue weighted by Crippen LogP contribution is 2.30. The van der Waals surface area contributed by atoms with E-state index in [9.17, 15) is 17.6 Å². The molecule has 4 rings (SSSR count). The zero-order valence-corrected chi connectivity index (χ0v) is 19.9. The topological polar surface area (TPSA) is 107 Å². The van der Waals surface area contributed by atoms with E-state index in [-0.39, 0.29) is 21.9 Å². The largest absolute Gasteiger partial charge is 0.497 e. The molecule has 0 saturated carbocycles. The summed E-state index contributed by atoms with van der Waals surface area (Å²) in [5.74, 6) is -0.276. The Kier molecular flexibility index (Phi) is 6.57. The van der Waals surface area contributed by atoms with Crippen LogP contribution >= 0.6 is 0 Å². The molecule has 8 nitrogen and oxygen atoms in total. The highest BCUT2D eigenvalue weighted by Gasteiger charge is 2.22. The third-order valence-electron chi connectivity index (χ3n) is 5.20. The maximum absolute atomic E-state index is 13.6. The van der Waals surface area contributed by atoms with Gasteiger partial charge in [0.05, 0.1) is 25.3 Å². The fraction of sp³-hybridized carbons (Fsp3) is 0.120. The first-order chi connectivity index (χ1) is 16.7. The van der Waals surface area contributed by atoms with Crippen molar-refractivity contribution in [2.75, 3.05) is 24.3 Å². The van der Waals surface area contributed by atoms with Crippen LogP contribution in [0.25, 0.3) is 10.9 Å². The summed E-state index contributed by atoms with van der Waals surface area (Å²) < 4.78 is 52.7. The number of sulfonamides is 1. The van der Waals surface area contributed by atoms with Crippen molar-refractivity contribution in [1.82, 2.24) is 4.98 Å². The molecule has 0 saturated heterocycles. The smallest absolute Gasteiger partial charge is 0.265 e. The predicted octanol–water partition coefficient (Wildman–Crippen LogP) is 4.75. The van der Waals surface area contributed by atoms with Gasteiger partial charge in [0.15, 0.2) is 0 Å². The van der Waals surface area contributed by atoms with Gasteiger partial charge in [-0.25, -0.2) is 12.8 Å². The number of nitrogens with zero attached hydrogens (tertiary/aromatic N) is 1. The number of halogens is 1. The summed E-state index contributed by atoms with van der Waals surface area (Å²) >= 11 is 0. The Bertz CT molecular complexity index is 1520. The van der Waals surface area contributed by atoms with E-state index in [1.807, 2.05) is 0 Å². The van der Waals surface area contributed by atoms with Crippen molar-refractivity contribution in [1.29, 1.82) is 0 Å². The maximum atomic E-state index is 13.6. The Balaban J connectivity index is 1.66. The van der Waals surface area contributed by atoms with Gasteiger partial charge >= 0.3 is 0 Å². The van der Waals surface area contributed by atoms with Gasteiger partial charge in [0.2, 0.25) is 0 Å². The summed E-state index contributed by atoms with van der Waals surface area (Å²) in [6, 6.07) is 16.2. The zero-order chi connectivity index (χ0) is 25.2. The van der Waals surface area contributed by atoms with E-state index >= 15 is 0 Å². The summed E-state index contributed by atoms with van der Waals surface area (Å²) in [5, 5.41) is 3.18. The van der Waals surface area contributed by atoms with Gasteiger partial charge in [-0.1, -0.05) is 0 Å². The number of carbonyl (C=O) groups excluding carboxylic acids is 1. The number of ether oxygens (including phenoxy) is 2. The average molecular weight is 496 g/mol. The van der Waals surface area contributed by atoms with Gasteiger partial charge in [0, 0.05) is 28.5 Å². The quantitative estimate of drug-likeness (QED) is 0.383. The molecule has 1 aromatic heterocycles. The molecular weight excluding hydrogens is 473 g/mol. The summed E-state index contributed by atoms with van der Waals surface area (Å²) in [6.45, 7) is 1.70. The minimum atomic E-state index is -4.06. The number of hydrogen-bond acceptors (Lipinski definition) is 6. The van der Waals surface area contributed by atoms with Crippen LogP contribution in [0, 0.1) is 12.7 Å². The van der Waals surface area contributed by atoms with Gasteiger partial charge in [0.25, 0.3) is 15.9 Å². The number of fused-ring (bicyclic) bond motifs is 1. The molecule has 0 fully saturated rings. The Labute approximate surface area is 201 Å². The first-order valence-electron chi connectivity index (χ1n) is 10.4. The van der Waals surface area contributed by atoms with Crippen molar-refractivity contribution in [3.8, 4) is 11.5 Å². The van der Waals surface area contributed by atoms with Crippen LogP contribution in [0.3, 0.4) is 0 Å². The number of anilines is 2. The second-order valence-electron chi connectivity index (χ2n) is 7.63. The lowest BCUT2D eigenvalue weighted by atomic mass is 10.1. The number of amides is 1. The van der Waals surface area contributed by atoms with Gasteiger partial charge in [0.1, 0.15) is 22.2 Å². The van der Waals surface area contributed by atoms with Gasteiger partial charge < -0.3 is 14.8 Å². The molecule has 0 bridgehead atoms. The first kappa shape index (κ1) is 24.0. The Morgan fingerprint density at radius 3 is 2.31 bits per heavy atom. The minimum Gasteiger partial charge on any atom is -0.497 e. The standard InChI is InChI=1S/C25H22FN3O5S/c1-15-12-21(20-10-4-16(26)13-22(20)27-15)25(30)28-18-7-11-23(34-3)24(14-18)35(31,32)29-17-5-8-19(33-2)9-6-17/h4-14,29H,1-3H3,(H,28,30). The molecule has 0 aliphatic heterocycles. The van der Waals surface area contributed by atoms with Gasteiger partial charge in [-0.15, -0.1) is 0 Å². The molecule has 4 aromatic rings. The van der Waals surface area contributed by atoms with Crippen molar-refractivity contribution < 1.29 is 27.1 Å². The molecule has 0 spiro atoms. The van der Waals surface area contributed by atoms with Crippen LogP contribution in [0.2, 0.25) is 0 Å². The van der Waals surface area contributed by atoms with Crippen molar-refractivity contribution in [2.45, 2.75) is 11.8 Å². The molecule has 10 heteroatoms. The number of methoxy groups -OCH3 is 2. The minimum absolute atomic E-state index is 0.102. The number of nitrogens with one attached hydrogen (secondary N) is 2. The van der Waals surface area contributed by atoms with E-state index in [2.05, 4.69) is 15.0 Å². The summed E-state index contributed by atoms with van der Waals surface area (Å²) in [5.41, 5.74) is 1.72. The highest BCUT2D eigenvalue weighted by atomic mass is 32.2. The molecule has 1 amide bonds. The van der Waals surface area contributed by atoms with E-state index in [1.165, 1.54) is 50.6 Å². The van der Waals surface area contributed by atoms with Crippen LogP contribution in [0.4, 0.5) is 15.8 Å². The van der Waals surface area contributed by atoms with Crippen LogP contribution in [-0.4, -0.2) is 33.5 Å². The Hall–Kier alpha value is -4.18. The lowest BCUT2D eigenvalue weighted by molar-refractivity contribution is 0.102. The molecule has 180 valence electrons.